The van der Waals surface area contributed by atoms with E-state index in [1.54, 1.807) is 6.92 Å². The van der Waals surface area contributed by atoms with Crippen molar-refractivity contribution in [2.45, 2.75) is 31.9 Å². The second-order valence-electron chi connectivity index (χ2n) is 2.92. The van der Waals surface area contributed by atoms with Gasteiger partial charge >= 0.3 is 12.1 Å². The molecule has 0 aromatic carbocycles. The summed E-state index contributed by atoms with van der Waals surface area (Å²) < 4.78 is 60.2. The Morgan fingerprint density at radius 2 is 1.73 bits per heavy atom. The minimum absolute atomic E-state index is 0.224. The van der Waals surface area contributed by atoms with Crippen LogP contribution in [0.2, 0.25) is 0 Å². The van der Waals surface area contributed by atoms with Crippen LogP contribution >= 0.6 is 0 Å². The maximum atomic E-state index is 12.5. The Hall–Kier alpha value is -0.940. The first-order valence-electron chi connectivity index (χ1n) is 4.27. The van der Waals surface area contributed by atoms with Crippen molar-refractivity contribution in [1.82, 2.24) is 0 Å². The average molecular weight is 229 g/mol. The van der Waals surface area contributed by atoms with Crippen LogP contribution in [0.15, 0.2) is 17.1 Å². The first-order chi connectivity index (χ1) is 6.74. The van der Waals surface area contributed by atoms with E-state index in [1.165, 1.54) is 19.2 Å². The van der Waals surface area contributed by atoms with E-state index in [9.17, 15) is 22.0 Å². The number of rotatable bonds is 4. The highest BCUT2D eigenvalue weighted by Gasteiger charge is 2.56. The largest absolute Gasteiger partial charge is 0.453 e. The van der Waals surface area contributed by atoms with Crippen LogP contribution in [0.5, 0.6) is 0 Å². The summed E-state index contributed by atoms with van der Waals surface area (Å²) in [5.41, 5.74) is 0.224. The molecular weight excluding hydrogens is 217 g/mol. The zero-order valence-corrected chi connectivity index (χ0v) is 8.41. The molecule has 15 heavy (non-hydrogen) atoms. The van der Waals surface area contributed by atoms with Gasteiger partial charge in [0.25, 0.3) is 0 Å². The summed E-state index contributed by atoms with van der Waals surface area (Å²) in [7, 11) is 1.35. The molecule has 0 heterocycles. The van der Waals surface area contributed by atoms with E-state index >= 15 is 0 Å². The lowest BCUT2D eigenvalue weighted by molar-refractivity contribution is -0.283. The molecule has 0 aliphatic rings. The van der Waals surface area contributed by atoms with Crippen molar-refractivity contribution in [2.24, 2.45) is 4.99 Å². The van der Waals surface area contributed by atoms with Gasteiger partial charge in [0.1, 0.15) is 0 Å². The van der Waals surface area contributed by atoms with E-state index in [1.807, 2.05) is 0 Å². The van der Waals surface area contributed by atoms with Gasteiger partial charge in [-0.25, -0.2) is 0 Å². The zero-order chi connectivity index (χ0) is 12.1. The quantitative estimate of drug-likeness (QED) is 0.515. The molecule has 0 bridgehead atoms. The SMILES string of the molecule is C/C=C\C(CCC(F)(F)C(F)(F)F)=N/C. The van der Waals surface area contributed by atoms with E-state index in [0.29, 0.717) is 0 Å². The summed E-state index contributed by atoms with van der Waals surface area (Å²) >= 11 is 0. The van der Waals surface area contributed by atoms with Gasteiger partial charge in [-0.1, -0.05) is 6.08 Å². The Bertz CT molecular complexity index is 252. The van der Waals surface area contributed by atoms with Crippen molar-refractivity contribution in [3.63, 3.8) is 0 Å². The van der Waals surface area contributed by atoms with Gasteiger partial charge in [0.2, 0.25) is 0 Å². The fourth-order valence-electron chi connectivity index (χ4n) is 0.889. The molecule has 0 saturated heterocycles. The molecule has 6 heteroatoms. The average Bonchev–Trinajstić information content (AvgIpc) is 2.10. The third-order valence-corrected chi connectivity index (χ3v) is 1.76. The molecule has 0 aliphatic heterocycles. The van der Waals surface area contributed by atoms with Gasteiger partial charge < -0.3 is 0 Å². The predicted octanol–water partition coefficient (Wildman–Crippen LogP) is 3.61. The van der Waals surface area contributed by atoms with Crippen molar-refractivity contribution in [1.29, 1.82) is 0 Å². The van der Waals surface area contributed by atoms with Gasteiger partial charge in [0, 0.05) is 19.2 Å². The van der Waals surface area contributed by atoms with Crippen molar-refractivity contribution in [3.05, 3.63) is 12.2 Å². The zero-order valence-electron chi connectivity index (χ0n) is 8.41. The second kappa shape index (κ2) is 5.23. The predicted molar refractivity (Wildman–Crippen MR) is 48.4 cm³/mol. The van der Waals surface area contributed by atoms with Gasteiger partial charge in [-0.2, -0.15) is 22.0 Å². The maximum absolute atomic E-state index is 12.5. The smallest absolute Gasteiger partial charge is 0.293 e. The molecule has 0 fully saturated rings. The van der Waals surface area contributed by atoms with Crippen LogP contribution in [0.3, 0.4) is 0 Å². The minimum atomic E-state index is -5.48. The lowest BCUT2D eigenvalue weighted by atomic mass is 10.1. The molecule has 0 amide bonds. The lowest BCUT2D eigenvalue weighted by Gasteiger charge is -2.19. The molecule has 0 N–H and O–H groups in total. The Labute approximate surface area is 84.7 Å². The number of aliphatic imine (C=N–C) groups is 1. The first kappa shape index (κ1) is 14.1. The standard InChI is InChI=1S/C9H12F5N/c1-3-4-7(15-2)5-6-8(10,11)9(12,13)14/h3-4H,5-6H2,1-2H3/b4-3-,15-7+. The summed E-state index contributed by atoms with van der Waals surface area (Å²) in [6.45, 7) is 1.63. The van der Waals surface area contributed by atoms with Crippen molar-refractivity contribution < 1.29 is 22.0 Å². The van der Waals surface area contributed by atoms with Crippen LogP contribution < -0.4 is 0 Å². The number of alkyl halides is 5. The number of allylic oxidation sites excluding steroid dienone is 2. The summed E-state index contributed by atoms with van der Waals surface area (Å²) in [5, 5.41) is 0. The number of halogens is 5. The topological polar surface area (TPSA) is 12.4 Å². The minimum Gasteiger partial charge on any atom is -0.293 e. The van der Waals surface area contributed by atoms with Crippen molar-refractivity contribution in [2.75, 3.05) is 7.05 Å². The van der Waals surface area contributed by atoms with E-state index in [2.05, 4.69) is 4.99 Å². The Morgan fingerprint density at radius 3 is 2.07 bits per heavy atom. The molecule has 0 unspecified atom stereocenters. The van der Waals surface area contributed by atoms with Crippen LogP contribution in [0.25, 0.3) is 0 Å². The molecular formula is C9H12F5N. The highest BCUT2D eigenvalue weighted by Crippen LogP contribution is 2.38. The van der Waals surface area contributed by atoms with Crippen molar-refractivity contribution >= 4 is 5.71 Å². The first-order valence-corrected chi connectivity index (χ1v) is 4.27. The summed E-state index contributed by atoms with van der Waals surface area (Å²) in [6.07, 6.45) is -4.21. The van der Waals surface area contributed by atoms with Crippen LogP contribution in [0.1, 0.15) is 19.8 Å². The van der Waals surface area contributed by atoms with Crippen LogP contribution in [-0.4, -0.2) is 24.9 Å². The summed E-state index contributed by atoms with van der Waals surface area (Å²) in [6, 6.07) is 0. The summed E-state index contributed by atoms with van der Waals surface area (Å²) in [5.74, 6) is -4.65. The fourth-order valence-corrected chi connectivity index (χ4v) is 0.889. The highest BCUT2D eigenvalue weighted by molar-refractivity contribution is 5.94. The third kappa shape index (κ3) is 4.40. The molecule has 0 aromatic heterocycles. The fraction of sp³-hybridized carbons (Fsp3) is 0.667. The third-order valence-electron chi connectivity index (χ3n) is 1.76. The van der Waals surface area contributed by atoms with Crippen LogP contribution in [-0.2, 0) is 0 Å². The molecule has 0 spiro atoms. The maximum Gasteiger partial charge on any atom is 0.453 e. The van der Waals surface area contributed by atoms with E-state index < -0.39 is 24.9 Å². The summed E-state index contributed by atoms with van der Waals surface area (Å²) in [4.78, 5) is 3.59. The van der Waals surface area contributed by atoms with Gasteiger partial charge in [-0.15, -0.1) is 0 Å². The molecule has 88 valence electrons. The van der Waals surface area contributed by atoms with Gasteiger partial charge in [-0.05, 0) is 19.4 Å². The normalized spacial score (nSPS) is 15.0. The molecule has 0 saturated carbocycles. The Morgan fingerprint density at radius 1 is 1.20 bits per heavy atom. The van der Waals surface area contributed by atoms with Gasteiger partial charge in [-0.3, -0.25) is 4.99 Å². The van der Waals surface area contributed by atoms with E-state index in [0.717, 1.165) is 0 Å². The van der Waals surface area contributed by atoms with Gasteiger partial charge in [0.05, 0.1) is 0 Å². The van der Waals surface area contributed by atoms with Gasteiger partial charge in [0.15, 0.2) is 0 Å². The molecule has 1 nitrogen and oxygen atoms in total. The van der Waals surface area contributed by atoms with E-state index in [4.69, 9.17) is 0 Å². The number of hydrogen-bond acceptors (Lipinski definition) is 1. The van der Waals surface area contributed by atoms with Crippen molar-refractivity contribution in [3.8, 4) is 0 Å². The molecule has 0 aliphatic carbocycles. The Kier molecular flexibility index (Phi) is 4.90. The van der Waals surface area contributed by atoms with E-state index in [-0.39, 0.29) is 5.71 Å². The molecule has 0 rings (SSSR count). The lowest BCUT2D eigenvalue weighted by Crippen LogP contribution is -2.36. The Balaban J connectivity index is 4.39. The van der Waals surface area contributed by atoms with Crippen LogP contribution in [0, 0.1) is 0 Å². The monoisotopic (exact) mass is 229 g/mol. The molecule has 0 aromatic rings. The molecule has 0 atom stereocenters. The number of nitrogens with zero attached hydrogens (tertiary/aromatic N) is 1. The second-order valence-corrected chi connectivity index (χ2v) is 2.92. The highest BCUT2D eigenvalue weighted by atomic mass is 19.4. The number of hydrogen-bond donors (Lipinski definition) is 0. The van der Waals surface area contributed by atoms with Crippen LogP contribution in [0.4, 0.5) is 22.0 Å². The molecule has 0 radical (unpaired) electrons.